The molecule has 2 fully saturated rings. The summed E-state index contributed by atoms with van der Waals surface area (Å²) < 4.78 is 26.2. The Kier molecular flexibility index (Phi) is 5.04. The van der Waals surface area contributed by atoms with Crippen LogP contribution in [0.2, 0.25) is 0 Å². The molecular formula is C21H30FNO3. The van der Waals surface area contributed by atoms with Gasteiger partial charge >= 0.3 is 5.97 Å². The first-order chi connectivity index (χ1) is 12.0. The van der Waals surface area contributed by atoms with Gasteiger partial charge in [-0.25, -0.2) is 9.18 Å². The van der Waals surface area contributed by atoms with E-state index in [0.717, 1.165) is 37.9 Å². The lowest BCUT2D eigenvalue weighted by molar-refractivity contribution is 0.00645. The Morgan fingerprint density at radius 3 is 2.54 bits per heavy atom. The predicted molar refractivity (Wildman–Crippen MR) is 99.2 cm³/mol. The molecule has 1 saturated carbocycles. The molecule has 0 aromatic heterocycles. The zero-order valence-corrected chi connectivity index (χ0v) is 16.4. The highest BCUT2D eigenvalue weighted by molar-refractivity contribution is 5.90. The molecule has 2 aliphatic rings. The second-order valence-corrected chi connectivity index (χ2v) is 9.39. The molecule has 1 aliphatic heterocycles. The molecule has 1 aliphatic carbocycles. The van der Waals surface area contributed by atoms with Gasteiger partial charge in [-0.3, -0.25) is 0 Å². The highest BCUT2D eigenvalue weighted by atomic mass is 19.1. The highest BCUT2D eigenvalue weighted by Gasteiger charge is 2.33. The van der Waals surface area contributed by atoms with E-state index in [9.17, 15) is 9.18 Å². The molecule has 0 amide bonds. The molecule has 0 spiro atoms. The van der Waals surface area contributed by atoms with Gasteiger partial charge in [0, 0.05) is 19.2 Å². The van der Waals surface area contributed by atoms with E-state index in [-0.39, 0.29) is 17.1 Å². The Morgan fingerprint density at radius 2 is 1.96 bits per heavy atom. The van der Waals surface area contributed by atoms with E-state index in [2.05, 4.69) is 19.2 Å². The maximum atomic E-state index is 14.6. The number of ether oxygens (including phenoxy) is 2. The van der Waals surface area contributed by atoms with E-state index in [0.29, 0.717) is 11.7 Å². The molecule has 1 aromatic carbocycles. The van der Waals surface area contributed by atoms with E-state index in [1.807, 2.05) is 0 Å². The van der Waals surface area contributed by atoms with Gasteiger partial charge in [0.15, 0.2) is 0 Å². The van der Waals surface area contributed by atoms with Crippen molar-refractivity contribution in [3.63, 3.8) is 0 Å². The summed E-state index contributed by atoms with van der Waals surface area (Å²) in [7, 11) is 0. The average molecular weight is 363 g/mol. The van der Waals surface area contributed by atoms with E-state index in [1.165, 1.54) is 6.07 Å². The number of hydrogen-bond donors (Lipinski definition) is 1. The third kappa shape index (κ3) is 4.76. The molecule has 5 heteroatoms. The standard InChI is InChI=1S/C21H30FNO3/c1-20(2,3)26-19(24)16-8-15(13-6-7-13)18(9-17(16)22)25-14-10-21(4,5)12-23-11-14/h8-9,13-14,23H,6-7,10-12H2,1-5H3/t14-/m1/s1. The molecule has 1 N–H and O–H groups in total. The van der Waals surface area contributed by atoms with Gasteiger partial charge in [-0.15, -0.1) is 0 Å². The lowest BCUT2D eigenvalue weighted by atomic mass is 9.84. The van der Waals surface area contributed by atoms with E-state index in [1.54, 1.807) is 26.8 Å². The molecule has 1 saturated heterocycles. The number of carbonyl (C=O) groups is 1. The van der Waals surface area contributed by atoms with Crippen molar-refractivity contribution < 1.29 is 18.7 Å². The summed E-state index contributed by atoms with van der Waals surface area (Å²) in [5.74, 6) is -0.288. The zero-order chi connectivity index (χ0) is 19.1. The Bertz CT molecular complexity index is 689. The van der Waals surface area contributed by atoms with Gasteiger partial charge in [0.25, 0.3) is 0 Å². The number of benzene rings is 1. The summed E-state index contributed by atoms with van der Waals surface area (Å²) in [5.41, 5.74) is 0.419. The number of esters is 1. The summed E-state index contributed by atoms with van der Waals surface area (Å²) in [6, 6.07) is 3.01. The van der Waals surface area contributed by atoms with Crippen LogP contribution < -0.4 is 10.1 Å². The second kappa shape index (κ2) is 6.84. The van der Waals surface area contributed by atoms with Crippen molar-refractivity contribution in [3.05, 3.63) is 29.1 Å². The lowest BCUT2D eigenvalue weighted by Gasteiger charge is -2.36. The normalized spacial score (nSPS) is 22.8. The van der Waals surface area contributed by atoms with Gasteiger partial charge in [0.1, 0.15) is 23.3 Å². The van der Waals surface area contributed by atoms with Crippen molar-refractivity contribution in [2.24, 2.45) is 5.41 Å². The van der Waals surface area contributed by atoms with E-state index < -0.39 is 17.4 Å². The fraction of sp³-hybridized carbons (Fsp3) is 0.667. The van der Waals surface area contributed by atoms with Crippen molar-refractivity contribution in [3.8, 4) is 5.75 Å². The van der Waals surface area contributed by atoms with Gasteiger partial charge in [-0.1, -0.05) is 13.8 Å². The minimum Gasteiger partial charge on any atom is -0.489 e. The first kappa shape index (κ1) is 19.2. The minimum absolute atomic E-state index is 0.00280. The number of hydrogen-bond acceptors (Lipinski definition) is 4. The summed E-state index contributed by atoms with van der Waals surface area (Å²) in [6.45, 7) is 11.4. The van der Waals surface area contributed by atoms with Crippen molar-refractivity contribution in [1.82, 2.24) is 5.32 Å². The van der Waals surface area contributed by atoms with E-state index in [4.69, 9.17) is 9.47 Å². The van der Waals surface area contributed by atoms with Crippen LogP contribution in [0.25, 0.3) is 0 Å². The highest BCUT2D eigenvalue weighted by Crippen LogP contribution is 2.46. The quantitative estimate of drug-likeness (QED) is 0.804. The van der Waals surface area contributed by atoms with Crippen LogP contribution in [0, 0.1) is 11.2 Å². The van der Waals surface area contributed by atoms with Gasteiger partial charge in [-0.05, 0) is 63.0 Å². The topological polar surface area (TPSA) is 47.6 Å². The van der Waals surface area contributed by atoms with Crippen LogP contribution in [-0.2, 0) is 4.74 Å². The van der Waals surface area contributed by atoms with Gasteiger partial charge in [0.05, 0.1) is 5.56 Å². The summed E-state index contributed by atoms with van der Waals surface area (Å²) >= 11 is 0. The Hall–Kier alpha value is -1.62. The first-order valence-electron chi connectivity index (χ1n) is 9.48. The maximum Gasteiger partial charge on any atom is 0.341 e. The molecule has 1 atom stereocenters. The largest absolute Gasteiger partial charge is 0.489 e. The monoisotopic (exact) mass is 363 g/mol. The van der Waals surface area contributed by atoms with Crippen LogP contribution in [0.1, 0.15) is 75.7 Å². The third-order valence-electron chi connectivity index (χ3n) is 4.78. The van der Waals surface area contributed by atoms with Crippen LogP contribution in [0.15, 0.2) is 12.1 Å². The summed E-state index contributed by atoms with van der Waals surface area (Å²) in [4.78, 5) is 12.3. The Labute approximate surface area is 155 Å². The van der Waals surface area contributed by atoms with Crippen molar-refractivity contribution >= 4 is 5.97 Å². The van der Waals surface area contributed by atoms with Crippen LogP contribution >= 0.6 is 0 Å². The molecular weight excluding hydrogens is 333 g/mol. The minimum atomic E-state index is -0.655. The number of rotatable bonds is 4. The van der Waals surface area contributed by atoms with Crippen molar-refractivity contribution in [2.45, 2.75) is 71.5 Å². The molecule has 0 bridgehead atoms. The molecule has 4 nitrogen and oxygen atoms in total. The lowest BCUT2D eigenvalue weighted by Crippen LogP contribution is -2.46. The number of piperidine rings is 1. The molecule has 0 radical (unpaired) electrons. The van der Waals surface area contributed by atoms with E-state index >= 15 is 0 Å². The molecule has 26 heavy (non-hydrogen) atoms. The summed E-state index contributed by atoms with van der Waals surface area (Å²) in [6.07, 6.45) is 3.01. The van der Waals surface area contributed by atoms with Crippen LogP contribution in [-0.4, -0.2) is 30.8 Å². The molecule has 1 aromatic rings. The molecule has 0 unspecified atom stereocenters. The number of nitrogens with one attached hydrogen (secondary N) is 1. The number of halogens is 1. The fourth-order valence-corrected chi connectivity index (χ4v) is 3.47. The SMILES string of the molecule is CC1(C)CNC[C@H](Oc2cc(F)c(C(=O)OC(C)(C)C)cc2C2CC2)C1. The maximum absolute atomic E-state index is 14.6. The Balaban J connectivity index is 1.84. The molecule has 144 valence electrons. The van der Waals surface area contributed by atoms with Crippen LogP contribution in [0.3, 0.4) is 0 Å². The second-order valence-electron chi connectivity index (χ2n) is 9.39. The third-order valence-corrected chi connectivity index (χ3v) is 4.78. The number of carbonyl (C=O) groups excluding carboxylic acids is 1. The van der Waals surface area contributed by atoms with Crippen molar-refractivity contribution in [1.29, 1.82) is 0 Å². The zero-order valence-electron chi connectivity index (χ0n) is 16.4. The predicted octanol–water partition coefficient (Wildman–Crippen LogP) is 4.43. The smallest absolute Gasteiger partial charge is 0.341 e. The van der Waals surface area contributed by atoms with Gasteiger partial charge in [-0.2, -0.15) is 0 Å². The molecule has 1 heterocycles. The van der Waals surface area contributed by atoms with Gasteiger partial charge < -0.3 is 14.8 Å². The Morgan fingerprint density at radius 1 is 1.27 bits per heavy atom. The van der Waals surface area contributed by atoms with Crippen molar-refractivity contribution in [2.75, 3.05) is 13.1 Å². The first-order valence-corrected chi connectivity index (χ1v) is 9.48. The fourth-order valence-electron chi connectivity index (χ4n) is 3.47. The van der Waals surface area contributed by atoms with Gasteiger partial charge in [0.2, 0.25) is 0 Å². The van der Waals surface area contributed by atoms with Crippen LogP contribution in [0.5, 0.6) is 5.75 Å². The summed E-state index contributed by atoms with van der Waals surface area (Å²) in [5, 5.41) is 3.39. The average Bonchev–Trinajstić information content (AvgIpc) is 3.29. The van der Waals surface area contributed by atoms with Crippen LogP contribution in [0.4, 0.5) is 4.39 Å². The molecule has 3 rings (SSSR count).